The van der Waals surface area contributed by atoms with E-state index in [0.29, 0.717) is 24.9 Å². The Balaban J connectivity index is 1.81. The van der Waals surface area contributed by atoms with Crippen LogP contribution in [0.1, 0.15) is 54.0 Å². The van der Waals surface area contributed by atoms with Gasteiger partial charge in [0.15, 0.2) is 5.78 Å². The number of nitrogens with one attached hydrogen (secondary N) is 1. The van der Waals surface area contributed by atoms with Gasteiger partial charge in [-0.1, -0.05) is 26.0 Å². The van der Waals surface area contributed by atoms with E-state index in [4.69, 9.17) is 0 Å². The minimum Gasteiger partial charge on any atom is -0.344 e. The van der Waals surface area contributed by atoms with E-state index in [2.05, 4.69) is 5.32 Å². The van der Waals surface area contributed by atoms with Crippen molar-refractivity contribution in [2.75, 3.05) is 6.54 Å². The molecule has 1 fully saturated rings. The first-order valence-electron chi connectivity index (χ1n) is 9.81. The molecule has 1 saturated heterocycles. The van der Waals surface area contributed by atoms with Gasteiger partial charge >= 0.3 is 6.03 Å². The standard InChI is InChI=1S/C22H26FN3O3/c1-5-22(6-2)20(28)26(21(29)24-22)13-19(27)18-11-14(3)25(15(18)4)12-16-7-9-17(23)10-8-16/h7-11H,5-6,12-13H2,1-4H3,(H,24,29). The molecule has 0 atom stereocenters. The van der Waals surface area contributed by atoms with Gasteiger partial charge in [0.05, 0.1) is 6.54 Å². The summed E-state index contributed by atoms with van der Waals surface area (Å²) in [5, 5.41) is 2.74. The summed E-state index contributed by atoms with van der Waals surface area (Å²) < 4.78 is 15.1. The highest BCUT2D eigenvalue weighted by Gasteiger charge is 2.49. The summed E-state index contributed by atoms with van der Waals surface area (Å²) >= 11 is 0. The van der Waals surface area contributed by atoms with E-state index in [0.717, 1.165) is 21.9 Å². The van der Waals surface area contributed by atoms with Crippen molar-refractivity contribution < 1.29 is 18.8 Å². The summed E-state index contributed by atoms with van der Waals surface area (Å²) in [5.41, 5.74) is 2.11. The normalized spacial score (nSPS) is 15.7. The number of hydrogen-bond acceptors (Lipinski definition) is 3. The Hall–Kier alpha value is -2.96. The van der Waals surface area contributed by atoms with Crippen molar-refractivity contribution in [2.45, 2.75) is 52.6 Å². The number of rotatable bonds is 7. The first-order valence-corrected chi connectivity index (χ1v) is 9.81. The second-order valence-corrected chi connectivity index (χ2v) is 7.53. The second-order valence-electron chi connectivity index (χ2n) is 7.53. The quantitative estimate of drug-likeness (QED) is 0.571. The van der Waals surface area contributed by atoms with Crippen LogP contribution in [0.2, 0.25) is 0 Å². The molecule has 1 aliphatic rings. The maximum absolute atomic E-state index is 13.1. The molecular weight excluding hydrogens is 373 g/mol. The van der Waals surface area contributed by atoms with Crippen LogP contribution in [0.5, 0.6) is 0 Å². The van der Waals surface area contributed by atoms with E-state index in [-0.39, 0.29) is 24.1 Å². The van der Waals surface area contributed by atoms with Crippen LogP contribution in [0.15, 0.2) is 30.3 Å². The number of amides is 3. The van der Waals surface area contributed by atoms with E-state index in [9.17, 15) is 18.8 Å². The van der Waals surface area contributed by atoms with Gasteiger partial charge in [-0.3, -0.25) is 14.5 Å². The minimum atomic E-state index is -0.920. The van der Waals surface area contributed by atoms with Crippen molar-refractivity contribution in [3.8, 4) is 0 Å². The van der Waals surface area contributed by atoms with Crippen LogP contribution in [0.3, 0.4) is 0 Å². The predicted octanol–water partition coefficient (Wildman–Crippen LogP) is 3.59. The number of Topliss-reactive ketones (excluding diaryl/α,β-unsaturated/α-hetero) is 1. The van der Waals surface area contributed by atoms with Crippen LogP contribution in [-0.2, 0) is 11.3 Å². The molecule has 2 aromatic rings. The van der Waals surface area contributed by atoms with E-state index in [1.54, 1.807) is 18.2 Å². The maximum Gasteiger partial charge on any atom is 0.325 e. The first-order chi connectivity index (χ1) is 13.7. The highest BCUT2D eigenvalue weighted by molar-refractivity contribution is 6.11. The molecule has 0 spiro atoms. The van der Waals surface area contributed by atoms with Crippen LogP contribution in [0.4, 0.5) is 9.18 Å². The van der Waals surface area contributed by atoms with Crippen LogP contribution >= 0.6 is 0 Å². The third-order valence-electron chi connectivity index (χ3n) is 5.88. The molecule has 0 bridgehead atoms. The van der Waals surface area contributed by atoms with Gasteiger partial charge in [-0.05, 0) is 50.5 Å². The molecule has 1 N–H and O–H groups in total. The van der Waals surface area contributed by atoms with Crippen LogP contribution in [0, 0.1) is 19.7 Å². The number of carbonyl (C=O) groups is 3. The largest absolute Gasteiger partial charge is 0.344 e. The van der Waals surface area contributed by atoms with Gasteiger partial charge < -0.3 is 9.88 Å². The summed E-state index contributed by atoms with van der Waals surface area (Å²) in [4.78, 5) is 39.0. The number of halogens is 1. The molecule has 3 amide bonds. The first kappa shape index (κ1) is 20.8. The lowest BCUT2D eigenvalue weighted by atomic mass is 9.93. The lowest BCUT2D eigenvalue weighted by molar-refractivity contribution is -0.131. The molecule has 0 unspecified atom stereocenters. The van der Waals surface area contributed by atoms with Crippen molar-refractivity contribution in [1.82, 2.24) is 14.8 Å². The van der Waals surface area contributed by atoms with E-state index >= 15 is 0 Å². The Labute approximate surface area is 169 Å². The van der Waals surface area contributed by atoms with Gasteiger partial charge in [-0.2, -0.15) is 0 Å². The second kappa shape index (κ2) is 7.81. The van der Waals surface area contributed by atoms with Crippen LogP contribution in [0.25, 0.3) is 0 Å². The average molecular weight is 399 g/mol. The predicted molar refractivity (Wildman–Crippen MR) is 107 cm³/mol. The number of aryl methyl sites for hydroxylation is 1. The number of benzene rings is 1. The van der Waals surface area contributed by atoms with Gasteiger partial charge in [0, 0.05) is 23.5 Å². The van der Waals surface area contributed by atoms with Gasteiger partial charge in [0.1, 0.15) is 11.4 Å². The molecule has 3 rings (SSSR count). The molecule has 1 aliphatic heterocycles. The fourth-order valence-electron chi connectivity index (χ4n) is 3.88. The van der Waals surface area contributed by atoms with Gasteiger partial charge in [0.25, 0.3) is 5.91 Å². The number of aromatic nitrogens is 1. The van der Waals surface area contributed by atoms with Gasteiger partial charge in [-0.25, -0.2) is 9.18 Å². The summed E-state index contributed by atoms with van der Waals surface area (Å²) in [6.07, 6.45) is 0.954. The molecule has 1 aromatic heterocycles. The van der Waals surface area contributed by atoms with Crippen LogP contribution < -0.4 is 5.32 Å². The molecular formula is C22H26FN3O3. The van der Waals surface area contributed by atoms with E-state index < -0.39 is 11.6 Å². The molecule has 154 valence electrons. The number of ketones is 1. The van der Waals surface area contributed by atoms with Crippen molar-refractivity contribution in [3.63, 3.8) is 0 Å². The Morgan fingerprint density at radius 2 is 1.72 bits per heavy atom. The number of nitrogens with zero attached hydrogens (tertiary/aromatic N) is 2. The Bertz CT molecular complexity index is 958. The van der Waals surface area contributed by atoms with Crippen molar-refractivity contribution in [2.24, 2.45) is 0 Å². The highest BCUT2D eigenvalue weighted by atomic mass is 19.1. The van der Waals surface area contributed by atoms with E-state index in [1.165, 1.54) is 12.1 Å². The molecule has 2 heterocycles. The van der Waals surface area contributed by atoms with Crippen molar-refractivity contribution >= 4 is 17.7 Å². The number of imide groups is 1. The Morgan fingerprint density at radius 1 is 1.10 bits per heavy atom. The zero-order chi connectivity index (χ0) is 21.3. The third-order valence-corrected chi connectivity index (χ3v) is 5.88. The van der Waals surface area contributed by atoms with Gasteiger partial charge in [-0.15, -0.1) is 0 Å². The van der Waals surface area contributed by atoms with Crippen LogP contribution in [-0.4, -0.2) is 39.3 Å². The minimum absolute atomic E-state index is 0.282. The Kier molecular flexibility index (Phi) is 5.59. The summed E-state index contributed by atoms with van der Waals surface area (Å²) in [5.74, 6) is -0.926. The third kappa shape index (κ3) is 3.69. The van der Waals surface area contributed by atoms with Crippen molar-refractivity contribution in [1.29, 1.82) is 0 Å². The summed E-state index contributed by atoms with van der Waals surface area (Å²) in [6, 6.07) is 7.47. The summed E-state index contributed by atoms with van der Waals surface area (Å²) in [6.45, 7) is 7.63. The smallest absolute Gasteiger partial charge is 0.325 e. The topological polar surface area (TPSA) is 71.4 Å². The molecule has 0 saturated carbocycles. The molecule has 0 aliphatic carbocycles. The number of carbonyl (C=O) groups excluding carboxylic acids is 3. The lowest BCUT2D eigenvalue weighted by Gasteiger charge is -2.22. The highest BCUT2D eigenvalue weighted by Crippen LogP contribution is 2.26. The average Bonchev–Trinajstić information content (AvgIpc) is 3.12. The fourth-order valence-corrected chi connectivity index (χ4v) is 3.88. The molecule has 29 heavy (non-hydrogen) atoms. The molecule has 1 aromatic carbocycles. The monoisotopic (exact) mass is 399 g/mol. The molecule has 6 nitrogen and oxygen atoms in total. The van der Waals surface area contributed by atoms with E-state index in [1.807, 2.05) is 32.3 Å². The zero-order valence-electron chi connectivity index (χ0n) is 17.2. The maximum atomic E-state index is 13.1. The SMILES string of the molecule is CCC1(CC)NC(=O)N(CC(=O)c2cc(C)n(Cc3ccc(F)cc3)c2C)C1=O. The molecule has 0 radical (unpaired) electrons. The summed E-state index contributed by atoms with van der Waals surface area (Å²) in [7, 11) is 0. The van der Waals surface area contributed by atoms with Crippen molar-refractivity contribution in [3.05, 3.63) is 58.7 Å². The molecule has 7 heteroatoms. The zero-order valence-corrected chi connectivity index (χ0v) is 17.2. The Morgan fingerprint density at radius 3 is 2.28 bits per heavy atom. The van der Waals surface area contributed by atoms with Gasteiger partial charge in [0.2, 0.25) is 0 Å². The number of urea groups is 1. The fraction of sp³-hybridized carbons (Fsp3) is 0.409. The number of hydrogen-bond donors (Lipinski definition) is 1. The lowest BCUT2D eigenvalue weighted by Crippen LogP contribution is -2.46.